The summed E-state index contributed by atoms with van der Waals surface area (Å²) >= 11 is 7.75. The molecule has 1 aromatic carbocycles. The summed E-state index contributed by atoms with van der Waals surface area (Å²) in [5, 5.41) is 0.547. The molecule has 134 valence electrons. The SMILES string of the molecule is O=S(=O)(c1ccc(Cl)cc1)N1CCCSCC1CN1CCOCC1. The molecule has 0 aromatic heterocycles. The van der Waals surface area contributed by atoms with Crippen LogP contribution in [0.1, 0.15) is 6.42 Å². The number of thioether (sulfide) groups is 1. The van der Waals surface area contributed by atoms with E-state index in [9.17, 15) is 8.42 Å². The Morgan fingerprint density at radius 1 is 1.17 bits per heavy atom. The Bertz CT molecular complexity index is 633. The van der Waals surface area contributed by atoms with Crippen LogP contribution in [-0.2, 0) is 14.8 Å². The van der Waals surface area contributed by atoms with Gasteiger partial charge in [0.05, 0.1) is 18.1 Å². The van der Waals surface area contributed by atoms with Crippen LogP contribution >= 0.6 is 23.4 Å². The third-order valence-corrected chi connectivity index (χ3v) is 7.79. The van der Waals surface area contributed by atoms with Crippen molar-refractivity contribution < 1.29 is 13.2 Å². The van der Waals surface area contributed by atoms with Gasteiger partial charge in [-0.05, 0) is 36.4 Å². The van der Waals surface area contributed by atoms with E-state index >= 15 is 0 Å². The lowest BCUT2D eigenvalue weighted by Gasteiger charge is -2.35. The number of sulfonamides is 1. The quantitative estimate of drug-likeness (QED) is 0.788. The minimum atomic E-state index is -3.50. The molecule has 0 bridgehead atoms. The molecule has 0 radical (unpaired) electrons. The zero-order valence-electron chi connectivity index (χ0n) is 13.6. The molecule has 24 heavy (non-hydrogen) atoms. The number of hydrogen-bond acceptors (Lipinski definition) is 5. The van der Waals surface area contributed by atoms with E-state index in [-0.39, 0.29) is 6.04 Å². The van der Waals surface area contributed by atoms with Gasteiger partial charge in [0.25, 0.3) is 0 Å². The highest BCUT2D eigenvalue weighted by Gasteiger charge is 2.33. The van der Waals surface area contributed by atoms with E-state index in [0.717, 1.165) is 50.8 Å². The minimum absolute atomic E-state index is 0.00345. The Morgan fingerprint density at radius 2 is 1.88 bits per heavy atom. The summed E-state index contributed by atoms with van der Waals surface area (Å²) in [5.41, 5.74) is 0. The highest BCUT2D eigenvalue weighted by molar-refractivity contribution is 7.99. The van der Waals surface area contributed by atoms with E-state index in [1.807, 2.05) is 11.8 Å². The highest BCUT2D eigenvalue weighted by Crippen LogP contribution is 2.26. The van der Waals surface area contributed by atoms with Crippen LogP contribution in [0.3, 0.4) is 0 Å². The molecule has 3 rings (SSSR count). The number of benzene rings is 1. The van der Waals surface area contributed by atoms with Crippen LogP contribution in [0.25, 0.3) is 0 Å². The third-order valence-electron chi connectivity index (χ3n) is 4.38. The van der Waals surface area contributed by atoms with Crippen LogP contribution < -0.4 is 0 Å². The van der Waals surface area contributed by atoms with Crippen molar-refractivity contribution in [2.24, 2.45) is 0 Å². The lowest BCUT2D eigenvalue weighted by Crippen LogP contribution is -2.50. The Morgan fingerprint density at radius 3 is 2.58 bits per heavy atom. The summed E-state index contributed by atoms with van der Waals surface area (Å²) in [4.78, 5) is 2.63. The molecule has 2 aliphatic rings. The van der Waals surface area contributed by atoms with E-state index in [2.05, 4.69) is 4.90 Å². The van der Waals surface area contributed by atoms with Crippen LogP contribution in [0.4, 0.5) is 0 Å². The van der Waals surface area contributed by atoms with Gasteiger partial charge >= 0.3 is 0 Å². The number of halogens is 1. The monoisotopic (exact) mass is 390 g/mol. The van der Waals surface area contributed by atoms with Crippen LogP contribution in [0.15, 0.2) is 29.2 Å². The second-order valence-corrected chi connectivity index (χ2v) is 9.54. The Balaban J connectivity index is 1.81. The minimum Gasteiger partial charge on any atom is -0.379 e. The van der Waals surface area contributed by atoms with Crippen LogP contribution in [-0.4, -0.2) is 74.6 Å². The molecule has 1 unspecified atom stereocenters. The summed E-state index contributed by atoms with van der Waals surface area (Å²) in [6, 6.07) is 6.47. The molecule has 2 heterocycles. The van der Waals surface area contributed by atoms with Gasteiger partial charge < -0.3 is 4.74 Å². The van der Waals surface area contributed by atoms with Crippen molar-refractivity contribution in [1.29, 1.82) is 0 Å². The zero-order valence-corrected chi connectivity index (χ0v) is 16.0. The Labute approximate surface area is 153 Å². The number of ether oxygens (including phenoxy) is 1. The van der Waals surface area contributed by atoms with Gasteiger partial charge in [-0.2, -0.15) is 16.1 Å². The van der Waals surface area contributed by atoms with Crippen molar-refractivity contribution >= 4 is 33.4 Å². The third kappa shape index (κ3) is 4.45. The highest BCUT2D eigenvalue weighted by atomic mass is 35.5. The summed E-state index contributed by atoms with van der Waals surface area (Å²) in [7, 11) is -3.50. The molecule has 0 spiro atoms. The summed E-state index contributed by atoms with van der Waals surface area (Å²) < 4.78 is 33.4. The molecule has 0 amide bonds. The zero-order chi connectivity index (χ0) is 17.0. The molecule has 0 aliphatic carbocycles. The molecule has 5 nitrogen and oxygen atoms in total. The van der Waals surface area contributed by atoms with Gasteiger partial charge in [-0.15, -0.1) is 0 Å². The van der Waals surface area contributed by atoms with Crippen molar-refractivity contribution in [3.8, 4) is 0 Å². The van der Waals surface area contributed by atoms with E-state index in [1.165, 1.54) is 0 Å². The van der Waals surface area contributed by atoms with Crippen molar-refractivity contribution in [1.82, 2.24) is 9.21 Å². The molecule has 2 fully saturated rings. The fourth-order valence-corrected chi connectivity index (χ4v) is 6.02. The first-order valence-electron chi connectivity index (χ1n) is 8.22. The predicted molar refractivity (Wildman–Crippen MR) is 98.3 cm³/mol. The molecular formula is C16H23ClN2O3S2. The number of morpholine rings is 1. The Kier molecular flexibility index (Phi) is 6.45. The molecule has 1 aromatic rings. The second-order valence-electron chi connectivity index (χ2n) is 6.06. The molecule has 0 N–H and O–H groups in total. The standard InChI is InChI=1S/C16H23ClN2O3S2/c17-14-2-4-16(5-3-14)24(20,21)19-6-1-11-23-13-15(19)12-18-7-9-22-10-8-18/h2-5,15H,1,6-13H2. The van der Waals surface area contributed by atoms with E-state index < -0.39 is 10.0 Å². The van der Waals surface area contributed by atoms with E-state index in [4.69, 9.17) is 16.3 Å². The molecular weight excluding hydrogens is 368 g/mol. The van der Waals surface area contributed by atoms with Crippen LogP contribution in [0.5, 0.6) is 0 Å². The predicted octanol–water partition coefficient (Wildman–Crippen LogP) is 2.17. The Hall–Kier alpha value is -0.310. The van der Waals surface area contributed by atoms with Gasteiger partial charge in [0.15, 0.2) is 0 Å². The topological polar surface area (TPSA) is 49.9 Å². The van der Waals surface area contributed by atoms with Crippen molar-refractivity contribution in [2.75, 3.05) is 50.9 Å². The summed E-state index contributed by atoms with van der Waals surface area (Å²) in [6.07, 6.45) is 0.886. The molecule has 2 aliphatic heterocycles. The molecule has 0 saturated carbocycles. The maximum atomic E-state index is 13.1. The number of hydrogen-bond donors (Lipinski definition) is 0. The number of rotatable bonds is 4. The lowest BCUT2D eigenvalue weighted by atomic mass is 10.2. The smallest absolute Gasteiger partial charge is 0.243 e. The number of nitrogens with zero attached hydrogens (tertiary/aromatic N) is 2. The summed E-state index contributed by atoms with van der Waals surface area (Å²) in [5.74, 6) is 1.84. The molecule has 8 heteroatoms. The van der Waals surface area contributed by atoms with Gasteiger partial charge in [0, 0.05) is 43.0 Å². The van der Waals surface area contributed by atoms with Gasteiger partial charge in [-0.25, -0.2) is 8.42 Å². The van der Waals surface area contributed by atoms with Crippen molar-refractivity contribution in [3.05, 3.63) is 29.3 Å². The maximum absolute atomic E-state index is 13.1. The first kappa shape index (κ1) is 18.5. The second kappa shape index (κ2) is 8.38. The largest absolute Gasteiger partial charge is 0.379 e. The van der Waals surface area contributed by atoms with E-state index in [0.29, 0.717) is 16.5 Å². The van der Waals surface area contributed by atoms with Crippen LogP contribution in [0, 0.1) is 0 Å². The lowest BCUT2D eigenvalue weighted by molar-refractivity contribution is 0.0309. The van der Waals surface area contributed by atoms with Gasteiger partial charge in [0.2, 0.25) is 10.0 Å². The maximum Gasteiger partial charge on any atom is 0.243 e. The molecule has 1 atom stereocenters. The normalized spacial score (nSPS) is 24.6. The first-order chi connectivity index (χ1) is 11.6. The van der Waals surface area contributed by atoms with Crippen molar-refractivity contribution in [3.63, 3.8) is 0 Å². The molecule has 2 saturated heterocycles. The van der Waals surface area contributed by atoms with Gasteiger partial charge in [-0.3, -0.25) is 4.90 Å². The fourth-order valence-electron chi connectivity index (χ4n) is 3.09. The fraction of sp³-hybridized carbons (Fsp3) is 0.625. The summed E-state index contributed by atoms with van der Waals surface area (Å²) in [6.45, 7) is 4.54. The van der Waals surface area contributed by atoms with Crippen LogP contribution in [0.2, 0.25) is 5.02 Å². The van der Waals surface area contributed by atoms with Gasteiger partial charge in [0.1, 0.15) is 0 Å². The average molecular weight is 391 g/mol. The van der Waals surface area contributed by atoms with Gasteiger partial charge in [-0.1, -0.05) is 11.6 Å². The van der Waals surface area contributed by atoms with Crippen molar-refractivity contribution in [2.45, 2.75) is 17.4 Å². The van der Waals surface area contributed by atoms with E-state index in [1.54, 1.807) is 28.6 Å². The average Bonchev–Trinajstić information content (AvgIpc) is 2.82. The first-order valence-corrected chi connectivity index (χ1v) is 11.2.